The summed E-state index contributed by atoms with van der Waals surface area (Å²) >= 11 is 11.2. The van der Waals surface area contributed by atoms with Crippen LogP contribution in [-0.4, -0.2) is 32.7 Å². The standard InChI is InChI=1S/2C8H9ClO.C8H16O2/c2*1-10-8-4-2-7(6-9)3-5-8;1-4-5-7-6-9-8(2,3)10-7/h2*2-5H,6H2,1H3;7H,4-6H2,1-3H3/t;;7-/m..0/s1. The van der Waals surface area contributed by atoms with Crippen molar-refractivity contribution in [2.45, 2.75) is 57.3 Å². The molecule has 1 aliphatic heterocycles. The Morgan fingerprint density at radius 2 is 1.30 bits per heavy atom. The second kappa shape index (κ2) is 14.5. The molecule has 6 heteroatoms. The molecule has 0 spiro atoms. The van der Waals surface area contributed by atoms with Gasteiger partial charge in [0, 0.05) is 11.8 Å². The minimum absolute atomic E-state index is 0.333. The van der Waals surface area contributed by atoms with Crippen molar-refractivity contribution < 1.29 is 18.9 Å². The van der Waals surface area contributed by atoms with Gasteiger partial charge in [-0.2, -0.15) is 0 Å². The number of halogens is 2. The van der Waals surface area contributed by atoms with Gasteiger partial charge < -0.3 is 18.9 Å². The van der Waals surface area contributed by atoms with Crippen LogP contribution in [0.2, 0.25) is 0 Å². The zero-order valence-corrected chi connectivity index (χ0v) is 20.1. The summed E-state index contributed by atoms with van der Waals surface area (Å²) in [6.07, 6.45) is 2.62. The first kappa shape index (κ1) is 26.6. The van der Waals surface area contributed by atoms with Crippen LogP contribution in [0, 0.1) is 0 Å². The van der Waals surface area contributed by atoms with E-state index in [1.54, 1.807) is 14.2 Å². The van der Waals surface area contributed by atoms with Gasteiger partial charge in [-0.25, -0.2) is 0 Å². The molecule has 30 heavy (non-hydrogen) atoms. The highest BCUT2D eigenvalue weighted by molar-refractivity contribution is 6.17. The molecule has 0 aromatic heterocycles. The van der Waals surface area contributed by atoms with Gasteiger partial charge in [0.05, 0.1) is 26.9 Å². The van der Waals surface area contributed by atoms with E-state index in [2.05, 4.69) is 6.92 Å². The number of rotatable bonds is 6. The van der Waals surface area contributed by atoms with Crippen LogP contribution >= 0.6 is 23.2 Å². The summed E-state index contributed by atoms with van der Waals surface area (Å²) in [4.78, 5) is 0. The van der Waals surface area contributed by atoms with Gasteiger partial charge in [0.2, 0.25) is 0 Å². The molecule has 0 N–H and O–H groups in total. The third kappa shape index (κ3) is 10.5. The summed E-state index contributed by atoms with van der Waals surface area (Å²) < 4.78 is 20.9. The molecule has 0 aliphatic carbocycles. The molecule has 4 nitrogen and oxygen atoms in total. The Balaban J connectivity index is 0.000000225. The summed E-state index contributed by atoms with van der Waals surface area (Å²) in [7, 11) is 3.30. The lowest BCUT2D eigenvalue weighted by atomic mass is 10.2. The highest BCUT2D eigenvalue weighted by Gasteiger charge is 2.31. The molecule has 0 bridgehead atoms. The molecule has 0 saturated carbocycles. The highest BCUT2D eigenvalue weighted by Crippen LogP contribution is 2.24. The zero-order valence-electron chi connectivity index (χ0n) is 18.6. The van der Waals surface area contributed by atoms with E-state index in [0.29, 0.717) is 17.9 Å². The Morgan fingerprint density at radius 1 is 0.867 bits per heavy atom. The van der Waals surface area contributed by atoms with E-state index in [4.69, 9.17) is 42.1 Å². The summed E-state index contributed by atoms with van der Waals surface area (Å²) in [6.45, 7) is 6.85. The van der Waals surface area contributed by atoms with Crippen LogP contribution in [0.5, 0.6) is 11.5 Å². The molecule has 168 valence electrons. The number of benzene rings is 2. The van der Waals surface area contributed by atoms with E-state index in [9.17, 15) is 0 Å². The van der Waals surface area contributed by atoms with Crippen molar-refractivity contribution in [2.75, 3.05) is 20.8 Å². The SMILES string of the molecule is CCC[C@H]1COC(C)(C)O1.COc1ccc(CCl)cc1.COc1ccc(CCl)cc1. The largest absolute Gasteiger partial charge is 0.497 e. The minimum atomic E-state index is -0.333. The average Bonchev–Trinajstić information content (AvgIpc) is 3.13. The topological polar surface area (TPSA) is 36.9 Å². The molecular weight excluding hydrogens is 423 g/mol. The minimum Gasteiger partial charge on any atom is -0.497 e. The first-order valence-electron chi connectivity index (χ1n) is 10.1. The molecule has 1 fully saturated rings. The summed E-state index contributed by atoms with van der Waals surface area (Å²) in [5, 5.41) is 0. The molecule has 1 heterocycles. The maximum absolute atomic E-state index is 5.58. The lowest BCUT2D eigenvalue weighted by Gasteiger charge is -2.16. The van der Waals surface area contributed by atoms with Crippen LogP contribution in [0.1, 0.15) is 44.7 Å². The van der Waals surface area contributed by atoms with Crippen molar-refractivity contribution in [1.29, 1.82) is 0 Å². The quantitative estimate of drug-likeness (QED) is 0.447. The number of alkyl halides is 2. The van der Waals surface area contributed by atoms with Crippen molar-refractivity contribution in [3.63, 3.8) is 0 Å². The van der Waals surface area contributed by atoms with Gasteiger partial charge in [0.1, 0.15) is 11.5 Å². The Hall–Kier alpha value is -1.46. The third-order valence-corrected chi connectivity index (χ3v) is 4.92. The lowest BCUT2D eigenvalue weighted by molar-refractivity contribution is -0.138. The second-order valence-corrected chi connectivity index (χ2v) is 7.74. The average molecular weight is 457 g/mol. The molecule has 2 aromatic carbocycles. The summed E-state index contributed by atoms with van der Waals surface area (Å²) in [5.41, 5.74) is 2.23. The Morgan fingerprint density at radius 3 is 1.57 bits per heavy atom. The van der Waals surface area contributed by atoms with Gasteiger partial charge >= 0.3 is 0 Å². The van der Waals surface area contributed by atoms with Crippen LogP contribution in [0.3, 0.4) is 0 Å². The van der Waals surface area contributed by atoms with Gasteiger partial charge in [0.25, 0.3) is 0 Å². The summed E-state index contributed by atoms with van der Waals surface area (Å²) in [6, 6.07) is 15.4. The number of hydrogen-bond donors (Lipinski definition) is 0. The van der Waals surface area contributed by atoms with Crippen LogP contribution < -0.4 is 9.47 Å². The van der Waals surface area contributed by atoms with Crippen LogP contribution in [0.15, 0.2) is 48.5 Å². The zero-order chi connectivity index (χ0) is 22.4. The normalized spacial score (nSPS) is 16.6. The maximum atomic E-state index is 5.58. The Labute approximate surface area is 191 Å². The van der Waals surface area contributed by atoms with Crippen molar-refractivity contribution in [1.82, 2.24) is 0 Å². The smallest absolute Gasteiger partial charge is 0.163 e. The van der Waals surface area contributed by atoms with E-state index in [0.717, 1.165) is 35.7 Å². The summed E-state index contributed by atoms with van der Waals surface area (Å²) in [5.74, 6) is 2.52. The van der Waals surface area contributed by atoms with Crippen molar-refractivity contribution in [2.24, 2.45) is 0 Å². The first-order chi connectivity index (χ1) is 14.4. The molecule has 2 aromatic rings. The number of hydrogen-bond acceptors (Lipinski definition) is 4. The van der Waals surface area contributed by atoms with E-state index >= 15 is 0 Å². The van der Waals surface area contributed by atoms with E-state index < -0.39 is 0 Å². The fourth-order valence-electron chi connectivity index (χ4n) is 2.66. The number of ether oxygens (including phenoxy) is 4. The molecule has 0 unspecified atom stereocenters. The molecule has 1 saturated heterocycles. The van der Waals surface area contributed by atoms with Crippen LogP contribution in [0.4, 0.5) is 0 Å². The van der Waals surface area contributed by atoms with Gasteiger partial charge in [-0.05, 0) is 55.7 Å². The van der Waals surface area contributed by atoms with Gasteiger partial charge in [-0.3, -0.25) is 0 Å². The third-order valence-electron chi connectivity index (χ3n) is 4.30. The van der Waals surface area contributed by atoms with Crippen LogP contribution in [0.25, 0.3) is 0 Å². The van der Waals surface area contributed by atoms with E-state index in [1.165, 1.54) is 6.42 Å². The second-order valence-electron chi connectivity index (χ2n) is 7.20. The Bertz CT molecular complexity index is 594. The number of methoxy groups -OCH3 is 2. The van der Waals surface area contributed by atoms with Crippen LogP contribution in [-0.2, 0) is 21.2 Å². The van der Waals surface area contributed by atoms with Crippen molar-refractivity contribution in [3.8, 4) is 11.5 Å². The van der Waals surface area contributed by atoms with Gasteiger partial charge in [-0.15, -0.1) is 23.2 Å². The Kier molecular flexibility index (Phi) is 12.9. The van der Waals surface area contributed by atoms with E-state index in [-0.39, 0.29) is 5.79 Å². The molecular formula is C24H34Cl2O4. The van der Waals surface area contributed by atoms with Gasteiger partial charge in [-0.1, -0.05) is 37.6 Å². The highest BCUT2D eigenvalue weighted by atomic mass is 35.5. The molecule has 3 rings (SSSR count). The molecule has 1 aliphatic rings. The maximum Gasteiger partial charge on any atom is 0.163 e. The van der Waals surface area contributed by atoms with Crippen molar-refractivity contribution in [3.05, 3.63) is 59.7 Å². The van der Waals surface area contributed by atoms with Gasteiger partial charge in [0.15, 0.2) is 5.79 Å². The molecule has 0 radical (unpaired) electrons. The van der Waals surface area contributed by atoms with E-state index in [1.807, 2.05) is 62.4 Å². The fourth-order valence-corrected chi connectivity index (χ4v) is 3.01. The monoisotopic (exact) mass is 456 g/mol. The fraction of sp³-hybridized carbons (Fsp3) is 0.500. The predicted octanol–water partition coefficient (Wildman–Crippen LogP) is 6.81. The molecule has 0 amide bonds. The first-order valence-corrected chi connectivity index (χ1v) is 11.1. The molecule has 1 atom stereocenters. The lowest BCUT2D eigenvalue weighted by Crippen LogP contribution is -2.21. The predicted molar refractivity (Wildman–Crippen MR) is 125 cm³/mol. The van der Waals surface area contributed by atoms with Crippen molar-refractivity contribution >= 4 is 23.2 Å².